The summed E-state index contributed by atoms with van der Waals surface area (Å²) in [6, 6.07) is 0.220. The molecule has 0 aromatic carbocycles. The van der Waals surface area contributed by atoms with E-state index in [0.717, 1.165) is 6.42 Å². The fourth-order valence-electron chi connectivity index (χ4n) is 0.952. The van der Waals surface area contributed by atoms with Crippen molar-refractivity contribution in [1.29, 1.82) is 0 Å². The molecule has 0 saturated heterocycles. The lowest BCUT2D eigenvalue weighted by molar-refractivity contribution is -0.0112. The molecule has 0 rings (SSSR count). The number of methoxy groups -OCH3 is 1. The number of nitrogens with one attached hydrogen (secondary N) is 1. The Labute approximate surface area is 62.9 Å². The lowest BCUT2D eigenvalue weighted by atomic mass is 9.97. The van der Waals surface area contributed by atoms with Crippen molar-refractivity contribution in [2.45, 2.75) is 38.8 Å². The first-order valence-corrected chi connectivity index (χ1v) is 3.59. The predicted molar refractivity (Wildman–Crippen MR) is 42.5 cm³/mol. The zero-order valence-electron chi connectivity index (χ0n) is 7.27. The summed E-state index contributed by atoms with van der Waals surface area (Å²) in [4.78, 5) is 0. The van der Waals surface area contributed by atoms with Crippen LogP contribution in [0.4, 0.5) is 0 Å². The summed E-state index contributed by atoms with van der Waals surface area (Å²) >= 11 is 0. The molecule has 0 radical (unpaired) electrons. The van der Waals surface area contributed by atoms with Gasteiger partial charge in [0.2, 0.25) is 0 Å². The number of hydrogen-bond donors (Lipinski definition) is 2. The maximum atomic E-state index is 5.31. The monoisotopic (exact) mass is 146 g/mol. The first-order chi connectivity index (χ1) is 4.58. The largest absolute Gasteiger partial charge is 0.377 e. The molecule has 0 bridgehead atoms. The van der Waals surface area contributed by atoms with E-state index in [0.29, 0.717) is 0 Å². The molecule has 0 spiro atoms. The first-order valence-electron chi connectivity index (χ1n) is 3.59. The Balaban J connectivity index is 3.97. The molecule has 3 N–H and O–H groups in total. The van der Waals surface area contributed by atoms with Gasteiger partial charge in [-0.15, -0.1) is 0 Å². The van der Waals surface area contributed by atoms with Gasteiger partial charge in [0.05, 0.1) is 5.60 Å². The zero-order valence-corrected chi connectivity index (χ0v) is 7.27. The van der Waals surface area contributed by atoms with Gasteiger partial charge in [-0.25, -0.2) is 0 Å². The SMILES string of the molecule is CCC(NN)C(C)(C)OC. The summed E-state index contributed by atoms with van der Waals surface area (Å²) < 4.78 is 5.24. The van der Waals surface area contributed by atoms with Gasteiger partial charge >= 0.3 is 0 Å². The van der Waals surface area contributed by atoms with E-state index in [2.05, 4.69) is 12.3 Å². The van der Waals surface area contributed by atoms with Gasteiger partial charge in [0.25, 0.3) is 0 Å². The van der Waals surface area contributed by atoms with Crippen LogP contribution in [0.2, 0.25) is 0 Å². The normalized spacial score (nSPS) is 15.3. The molecule has 0 amide bonds. The second kappa shape index (κ2) is 3.91. The molecule has 3 heteroatoms. The van der Waals surface area contributed by atoms with Gasteiger partial charge in [-0.05, 0) is 20.3 Å². The fraction of sp³-hybridized carbons (Fsp3) is 1.00. The van der Waals surface area contributed by atoms with E-state index < -0.39 is 0 Å². The molecule has 1 unspecified atom stereocenters. The molecule has 0 saturated carbocycles. The number of hydrazine groups is 1. The number of nitrogens with two attached hydrogens (primary N) is 1. The Bertz CT molecular complexity index is 89.6. The van der Waals surface area contributed by atoms with Gasteiger partial charge in [0.15, 0.2) is 0 Å². The van der Waals surface area contributed by atoms with Crippen LogP contribution >= 0.6 is 0 Å². The molecule has 0 aliphatic carbocycles. The van der Waals surface area contributed by atoms with Gasteiger partial charge in [0, 0.05) is 13.2 Å². The van der Waals surface area contributed by atoms with Crippen molar-refractivity contribution in [2.24, 2.45) is 5.84 Å². The van der Waals surface area contributed by atoms with E-state index in [1.165, 1.54) is 0 Å². The third-order valence-corrected chi connectivity index (χ3v) is 1.97. The molecule has 0 fully saturated rings. The average Bonchev–Trinajstić information content (AvgIpc) is 1.90. The lowest BCUT2D eigenvalue weighted by Gasteiger charge is -2.31. The zero-order chi connectivity index (χ0) is 8.20. The standard InChI is InChI=1S/C7H18N2O/c1-5-6(9-8)7(2,3)10-4/h6,9H,5,8H2,1-4H3. The molecular formula is C7H18N2O. The Morgan fingerprint density at radius 3 is 2.20 bits per heavy atom. The van der Waals surface area contributed by atoms with Gasteiger partial charge in [0.1, 0.15) is 0 Å². The Kier molecular flexibility index (Phi) is 3.86. The topological polar surface area (TPSA) is 47.3 Å². The highest BCUT2D eigenvalue weighted by molar-refractivity contribution is 4.82. The fourth-order valence-corrected chi connectivity index (χ4v) is 0.952. The van der Waals surface area contributed by atoms with Crippen molar-refractivity contribution >= 4 is 0 Å². The van der Waals surface area contributed by atoms with Crippen molar-refractivity contribution < 1.29 is 4.74 Å². The van der Waals surface area contributed by atoms with Crippen LogP contribution < -0.4 is 11.3 Å². The van der Waals surface area contributed by atoms with E-state index in [1.807, 2.05) is 13.8 Å². The van der Waals surface area contributed by atoms with Crippen molar-refractivity contribution in [3.63, 3.8) is 0 Å². The quantitative estimate of drug-likeness (QED) is 0.452. The molecule has 0 aromatic heterocycles. The molecule has 0 aliphatic rings. The molecule has 62 valence electrons. The van der Waals surface area contributed by atoms with Gasteiger partial charge in [-0.1, -0.05) is 6.92 Å². The van der Waals surface area contributed by atoms with Crippen LogP contribution in [0, 0.1) is 0 Å². The highest BCUT2D eigenvalue weighted by atomic mass is 16.5. The average molecular weight is 146 g/mol. The van der Waals surface area contributed by atoms with Crippen LogP contribution in [0.5, 0.6) is 0 Å². The predicted octanol–water partition coefficient (Wildman–Crippen LogP) is 0.653. The van der Waals surface area contributed by atoms with E-state index in [9.17, 15) is 0 Å². The second-order valence-corrected chi connectivity index (χ2v) is 2.94. The van der Waals surface area contributed by atoms with Crippen LogP contribution in [0.1, 0.15) is 27.2 Å². The van der Waals surface area contributed by atoms with Crippen LogP contribution in [0.15, 0.2) is 0 Å². The number of hydrogen-bond acceptors (Lipinski definition) is 3. The Hall–Kier alpha value is -0.120. The maximum absolute atomic E-state index is 5.31. The third kappa shape index (κ3) is 2.25. The molecule has 10 heavy (non-hydrogen) atoms. The van der Waals surface area contributed by atoms with Crippen molar-refractivity contribution in [3.8, 4) is 0 Å². The maximum Gasteiger partial charge on any atom is 0.0788 e. The minimum atomic E-state index is -0.177. The summed E-state index contributed by atoms with van der Waals surface area (Å²) in [5.41, 5.74) is 2.54. The van der Waals surface area contributed by atoms with Crippen molar-refractivity contribution in [1.82, 2.24) is 5.43 Å². The van der Waals surface area contributed by atoms with Crippen LogP contribution in [-0.4, -0.2) is 18.8 Å². The van der Waals surface area contributed by atoms with E-state index in [1.54, 1.807) is 7.11 Å². The third-order valence-electron chi connectivity index (χ3n) is 1.97. The smallest absolute Gasteiger partial charge is 0.0788 e. The van der Waals surface area contributed by atoms with Gasteiger partial charge < -0.3 is 4.74 Å². The first kappa shape index (κ1) is 9.88. The molecule has 0 aliphatic heterocycles. The molecule has 3 nitrogen and oxygen atoms in total. The minimum absolute atomic E-state index is 0.177. The van der Waals surface area contributed by atoms with E-state index >= 15 is 0 Å². The summed E-state index contributed by atoms with van der Waals surface area (Å²) in [5, 5.41) is 0. The molecular weight excluding hydrogens is 128 g/mol. The summed E-state index contributed by atoms with van der Waals surface area (Å²) in [5.74, 6) is 5.31. The van der Waals surface area contributed by atoms with Gasteiger partial charge in [-0.3, -0.25) is 11.3 Å². The second-order valence-electron chi connectivity index (χ2n) is 2.94. The summed E-state index contributed by atoms with van der Waals surface area (Å²) in [7, 11) is 1.69. The highest BCUT2D eigenvalue weighted by Gasteiger charge is 2.26. The van der Waals surface area contributed by atoms with Crippen molar-refractivity contribution in [2.75, 3.05) is 7.11 Å². The van der Waals surface area contributed by atoms with Crippen LogP contribution in [0.25, 0.3) is 0 Å². The van der Waals surface area contributed by atoms with E-state index in [-0.39, 0.29) is 11.6 Å². The lowest BCUT2D eigenvalue weighted by Crippen LogP contribution is -2.50. The van der Waals surface area contributed by atoms with Crippen LogP contribution in [-0.2, 0) is 4.74 Å². The number of ether oxygens (including phenoxy) is 1. The minimum Gasteiger partial charge on any atom is -0.377 e. The molecule has 0 aromatic rings. The summed E-state index contributed by atoms with van der Waals surface area (Å²) in [6.45, 7) is 6.10. The van der Waals surface area contributed by atoms with Crippen molar-refractivity contribution in [3.05, 3.63) is 0 Å². The Morgan fingerprint density at radius 1 is 1.60 bits per heavy atom. The Morgan fingerprint density at radius 2 is 2.10 bits per heavy atom. The molecule has 1 atom stereocenters. The number of rotatable bonds is 4. The summed E-state index contributed by atoms with van der Waals surface area (Å²) in [6.07, 6.45) is 0.970. The van der Waals surface area contributed by atoms with Crippen LogP contribution in [0.3, 0.4) is 0 Å². The van der Waals surface area contributed by atoms with E-state index in [4.69, 9.17) is 10.6 Å². The molecule has 0 heterocycles. The van der Waals surface area contributed by atoms with Gasteiger partial charge in [-0.2, -0.15) is 0 Å². The highest BCUT2D eigenvalue weighted by Crippen LogP contribution is 2.14.